The standard InChI is InChI=1S/C23H19N5O/c1-29-16-12-10-15(11-13-16)22-17-6-2-3-7-18(17)23(28-27-22)24-14-21-25-19-8-4-5-9-20(19)26-21/h2-13H,14H2,1H3,(H,24,28)(H,25,26). The van der Waals surface area contributed by atoms with E-state index >= 15 is 0 Å². The summed E-state index contributed by atoms with van der Waals surface area (Å²) in [5.41, 5.74) is 3.82. The van der Waals surface area contributed by atoms with E-state index < -0.39 is 0 Å². The Labute approximate surface area is 167 Å². The number of H-pyrrole nitrogens is 1. The number of aromatic nitrogens is 4. The normalized spacial score (nSPS) is 11.1. The Morgan fingerprint density at radius 1 is 0.862 bits per heavy atom. The number of anilines is 1. The van der Waals surface area contributed by atoms with Crippen molar-refractivity contribution in [1.29, 1.82) is 0 Å². The molecule has 0 aliphatic rings. The van der Waals surface area contributed by atoms with Crippen molar-refractivity contribution in [2.45, 2.75) is 6.54 Å². The van der Waals surface area contributed by atoms with Gasteiger partial charge in [-0.1, -0.05) is 36.4 Å². The number of para-hydroxylation sites is 2. The van der Waals surface area contributed by atoms with E-state index in [9.17, 15) is 0 Å². The van der Waals surface area contributed by atoms with Crippen LogP contribution in [0.25, 0.3) is 33.1 Å². The maximum atomic E-state index is 5.25. The lowest BCUT2D eigenvalue weighted by atomic mass is 10.0. The van der Waals surface area contributed by atoms with E-state index in [1.165, 1.54) is 0 Å². The van der Waals surface area contributed by atoms with E-state index in [0.29, 0.717) is 6.54 Å². The molecular formula is C23H19N5O. The molecule has 5 rings (SSSR count). The zero-order valence-corrected chi connectivity index (χ0v) is 15.9. The molecule has 0 saturated carbocycles. The second-order valence-electron chi connectivity index (χ2n) is 6.73. The summed E-state index contributed by atoms with van der Waals surface area (Å²) in [6.45, 7) is 0.537. The van der Waals surface area contributed by atoms with E-state index in [1.807, 2.05) is 60.7 Å². The Morgan fingerprint density at radius 2 is 1.62 bits per heavy atom. The SMILES string of the molecule is COc1ccc(-c2nnc(NCc3nc4ccccc4[nH]3)c3ccccc23)cc1. The first kappa shape index (κ1) is 17.2. The molecule has 0 amide bonds. The number of aromatic amines is 1. The number of benzene rings is 3. The third kappa shape index (κ3) is 3.25. The highest BCUT2D eigenvalue weighted by atomic mass is 16.5. The average molecular weight is 381 g/mol. The van der Waals surface area contributed by atoms with Gasteiger partial charge in [-0.15, -0.1) is 10.2 Å². The van der Waals surface area contributed by atoms with Crippen molar-refractivity contribution in [3.05, 3.63) is 78.6 Å². The molecule has 142 valence electrons. The predicted octanol–water partition coefficient (Wildman–Crippen LogP) is 4.79. The molecule has 0 radical (unpaired) electrons. The maximum absolute atomic E-state index is 5.25. The van der Waals surface area contributed by atoms with E-state index in [4.69, 9.17) is 4.74 Å². The number of ether oxygens (including phenoxy) is 1. The van der Waals surface area contributed by atoms with Crippen LogP contribution in [-0.4, -0.2) is 27.3 Å². The second-order valence-corrected chi connectivity index (χ2v) is 6.73. The molecule has 0 aliphatic carbocycles. The topological polar surface area (TPSA) is 75.7 Å². The number of methoxy groups -OCH3 is 1. The van der Waals surface area contributed by atoms with Gasteiger partial charge in [0.05, 0.1) is 24.7 Å². The molecule has 6 nitrogen and oxygen atoms in total. The number of rotatable bonds is 5. The monoisotopic (exact) mass is 381 g/mol. The van der Waals surface area contributed by atoms with Gasteiger partial charge in [0.15, 0.2) is 5.82 Å². The van der Waals surface area contributed by atoms with Gasteiger partial charge in [-0.05, 0) is 36.4 Å². The molecule has 0 atom stereocenters. The number of hydrogen-bond acceptors (Lipinski definition) is 5. The summed E-state index contributed by atoms with van der Waals surface area (Å²) in [5.74, 6) is 2.41. The molecule has 29 heavy (non-hydrogen) atoms. The van der Waals surface area contributed by atoms with Crippen LogP contribution in [-0.2, 0) is 6.54 Å². The van der Waals surface area contributed by atoms with Crippen LogP contribution in [0.3, 0.4) is 0 Å². The molecule has 6 heteroatoms. The first-order chi connectivity index (χ1) is 14.3. The zero-order chi connectivity index (χ0) is 19.6. The van der Waals surface area contributed by atoms with Gasteiger partial charge in [0.1, 0.15) is 17.3 Å². The minimum atomic E-state index is 0.537. The van der Waals surface area contributed by atoms with Gasteiger partial charge < -0.3 is 15.0 Å². The van der Waals surface area contributed by atoms with Gasteiger partial charge in [-0.25, -0.2) is 4.98 Å². The van der Waals surface area contributed by atoms with Gasteiger partial charge in [0, 0.05) is 16.3 Å². The Hall–Kier alpha value is -3.93. The number of fused-ring (bicyclic) bond motifs is 2. The number of hydrogen-bond donors (Lipinski definition) is 2. The minimum Gasteiger partial charge on any atom is -0.497 e. The lowest BCUT2D eigenvalue weighted by molar-refractivity contribution is 0.415. The van der Waals surface area contributed by atoms with E-state index in [0.717, 1.165) is 50.5 Å². The van der Waals surface area contributed by atoms with Crippen molar-refractivity contribution in [2.75, 3.05) is 12.4 Å². The smallest absolute Gasteiger partial charge is 0.156 e. The maximum Gasteiger partial charge on any atom is 0.156 e. The molecular weight excluding hydrogens is 362 g/mol. The second kappa shape index (κ2) is 7.24. The molecule has 3 aromatic carbocycles. The highest BCUT2D eigenvalue weighted by Crippen LogP contribution is 2.30. The highest BCUT2D eigenvalue weighted by Gasteiger charge is 2.11. The van der Waals surface area contributed by atoms with Crippen LogP contribution in [0.15, 0.2) is 72.8 Å². The number of nitrogens with zero attached hydrogens (tertiary/aromatic N) is 3. The van der Waals surface area contributed by atoms with Gasteiger partial charge in [-0.3, -0.25) is 0 Å². The largest absolute Gasteiger partial charge is 0.497 e. The Bertz CT molecular complexity index is 1260. The van der Waals surface area contributed by atoms with Crippen molar-refractivity contribution < 1.29 is 4.74 Å². The lowest BCUT2D eigenvalue weighted by Gasteiger charge is -2.11. The summed E-state index contributed by atoms with van der Waals surface area (Å²) in [6.07, 6.45) is 0. The summed E-state index contributed by atoms with van der Waals surface area (Å²) in [5, 5.41) is 14.4. The van der Waals surface area contributed by atoms with Crippen LogP contribution >= 0.6 is 0 Å². The molecule has 2 heterocycles. The molecule has 5 aromatic rings. The minimum absolute atomic E-state index is 0.537. The van der Waals surface area contributed by atoms with Crippen molar-refractivity contribution in [3.8, 4) is 17.0 Å². The summed E-state index contributed by atoms with van der Waals surface area (Å²) in [7, 11) is 1.66. The van der Waals surface area contributed by atoms with Gasteiger partial charge in [0.25, 0.3) is 0 Å². The quantitative estimate of drug-likeness (QED) is 0.458. The molecule has 0 bridgehead atoms. The number of nitrogens with one attached hydrogen (secondary N) is 2. The Morgan fingerprint density at radius 3 is 2.41 bits per heavy atom. The van der Waals surface area contributed by atoms with Gasteiger partial charge >= 0.3 is 0 Å². The fraction of sp³-hybridized carbons (Fsp3) is 0.0870. The Kier molecular flexibility index (Phi) is 4.29. The van der Waals surface area contributed by atoms with Gasteiger partial charge in [0.2, 0.25) is 0 Å². The summed E-state index contributed by atoms with van der Waals surface area (Å²) < 4.78 is 5.25. The van der Waals surface area contributed by atoms with Crippen LogP contribution in [0.1, 0.15) is 5.82 Å². The van der Waals surface area contributed by atoms with Gasteiger partial charge in [-0.2, -0.15) is 0 Å². The zero-order valence-electron chi connectivity index (χ0n) is 15.9. The highest BCUT2D eigenvalue weighted by molar-refractivity contribution is 6.00. The first-order valence-electron chi connectivity index (χ1n) is 9.39. The Balaban J connectivity index is 1.48. The van der Waals surface area contributed by atoms with Crippen LogP contribution in [0.5, 0.6) is 5.75 Å². The molecule has 2 N–H and O–H groups in total. The lowest BCUT2D eigenvalue weighted by Crippen LogP contribution is -2.05. The third-order valence-corrected chi connectivity index (χ3v) is 4.91. The third-order valence-electron chi connectivity index (χ3n) is 4.91. The fourth-order valence-corrected chi connectivity index (χ4v) is 3.45. The fourth-order valence-electron chi connectivity index (χ4n) is 3.45. The van der Waals surface area contributed by atoms with Crippen molar-refractivity contribution in [1.82, 2.24) is 20.2 Å². The van der Waals surface area contributed by atoms with Crippen LogP contribution < -0.4 is 10.1 Å². The molecule has 0 saturated heterocycles. The van der Waals surface area contributed by atoms with Crippen LogP contribution in [0.4, 0.5) is 5.82 Å². The average Bonchev–Trinajstić information content (AvgIpc) is 3.20. The molecule has 0 fully saturated rings. The van der Waals surface area contributed by atoms with Crippen LogP contribution in [0.2, 0.25) is 0 Å². The molecule has 0 unspecified atom stereocenters. The number of imidazole rings is 1. The molecule has 0 aliphatic heterocycles. The van der Waals surface area contributed by atoms with Crippen molar-refractivity contribution in [3.63, 3.8) is 0 Å². The van der Waals surface area contributed by atoms with Crippen LogP contribution in [0, 0.1) is 0 Å². The van der Waals surface area contributed by atoms with E-state index in [1.54, 1.807) is 7.11 Å². The molecule has 2 aromatic heterocycles. The van der Waals surface area contributed by atoms with E-state index in [2.05, 4.69) is 37.6 Å². The van der Waals surface area contributed by atoms with Crippen molar-refractivity contribution in [2.24, 2.45) is 0 Å². The summed E-state index contributed by atoms with van der Waals surface area (Å²) in [4.78, 5) is 7.94. The summed E-state index contributed by atoms with van der Waals surface area (Å²) >= 11 is 0. The predicted molar refractivity (Wildman–Crippen MR) is 115 cm³/mol. The first-order valence-corrected chi connectivity index (χ1v) is 9.39. The molecule has 0 spiro atoms. The van der Waals surface area contributed by atoms with Crippen molar-refractivity contribution >= 4 is 27.6 Å². The van der Waals surface area contributed by atoms with E-state index in [-0.39, 0.29) is 0 Å². The summed E-state index contributed by atoms with van der Waals surface area (Å²) in [6, 6.07) is 24.0.